The molecule has 6 atom stereocenters. The summed E-state index contributed by atoms with van der Waals surface area (Å²) in [5.74, 6) is -3.12. The first-order valence-electron chi connectivity index (χ1n) is 3.13. The average molecular weight is 216 g/mol. The average Bonchev–Trinajstić information content (AvgIpc) is 2.08. The van der Waals surface area contributed by atoms with Crippen LogP contribution in [0.3, 0.4) is 0 Å². The van der Waals surface area contributed by atoms with Gasteiger partial charge in [0.25, 0.3) is 0 Å². The maximum absolute atomic E-state index is 9.05. The van der Waals surface area contributed by atoms with Crippen molar-refractivity contribution in [2.75, 3.05) is 0 Å². The van der Waals surface area contributed by atoms with Crippen LogP contribution in [0.4, 0.5) is 0 Å². The van der Waals surface area contributed by atoms with E-state index in [0.29, 0.717) is 0 Å². The molecule has 6 nitrogen and oxygen atoms in total. The zero-order chi connectivity index (χ0) is 9.46. The van der Waals surface area contributed by atoms with Crippen molar-refractivity contribution in [3.05, 3.63) is 0 Å². The Hall–Kier alpha value is 0.620. The van der Waals surface area contributed by atoms with Gasteiger partial charge in [0, 0.05) is 0 Å². The Morgan fingerprint density at radius 2 is 1.08 bits per heavy atom. The predicted octanol–water partition coefficient (Wildman–Crippen LogP) is -1.95. The van der Waals surface area contributed by atoms with Gasteiger partial charge >= 0.3 is 0 Å². The van der Waals surface area contributed by atoms with Gasteiger partial charge in [-0.25, -0.2) is 0 Å². The van der Waals surface area contributed by atoms with Crippen LogP contribution in [0.15, 0.2) is 0 Å². The maximum Gasteiger partial charge on any atom is 0.146 e. The van der Waals surface area contributed by atoms with Crippen molar-refractivity contribution in [1.82, 2.24) is 0 Å². The Kier molecular flexibility index (Phi) is 3.37. The molecular weight excluding hydrogens is 206 g/mol. The molecule has 1 aliphatic rings. The van der Waals surface area contributed by atoms with Gasteiger partial charge < -0.3 is 30.2 Å². The topological polar surface area (TPSA) is 121 Å². The number of aliphatic hydroxyl groups is 4. The Labute approximate surface area is 70.8 Å². The van der Waals surface area contributed by atoms with Crippen LogP contribution in [0.5, 0.6) is 0 Å². The number of hydrogen-bond donors (Lipinski definition) is 6. The molecule has 0 bridgehead atoms. The summed E-state index contributed by atoms with van der Waals surface area (Å²) in [5, 5.41) is 36.1. The fourth-order valence-electron chi connectivity index (χ4n) is 0.861. The van der Waals surface area contributed by atoms with Gasteiger partial charge in [0.2, 0.25) is 0 Å². The van der Waals surface area contributed by atoms with Gasteiger partial charge in [0.05, 0.1) is 16.3 Å². The molecule has 1 heterocycles. The summed E-state index contributed by atoms with van der Waals surface area (Å²) in [5.41, 5.74) is -1.51. The van der Waals surface area contributed by atoms with Gasteiger partial charge in [0.1, 0.15) is 23.4 Å². The van der Waals surface area contributed by atoms with Crippen LogP contribution in [0.2, 0.25) is 0 Å². The third kappa shape index (κ3) is 1.62. The Morgan fingerprint density at radius 1 is 0.750 bits per heavy atom. The highest BCUT2D eigenvalue weighted by Crippen LogP contribution is 2.62. The Bertz CT molecular complexity index is 109. The number of rotatable bonds is 0. The molecule has 72 valence electrons. The summed E-state index contributed by atoms with van der Waals surface area (Å²) in [7, 11) is -4.48. The summed E-state index contributed by atoms with van der Waals surface area (Å²) in [6.45, 7) is 0. The highest BCUT2D eigenvalue weighted by Gasteiger charge is 2.48. The maximum atomic E-state index is 9.05. The minimum atomic E-state index is -2.24. The van der Waals surface area contributed by atoms with Gasteiger partial charge in [-0.3, -0.25) is 0 Å². The second-order valence-corrected chi connectivity index (χ2v) is 6.39. The lowest BCUT2D eigenvalue weighted by molar-refractivity contribution is -0.00538. The molecule has 8 heteroatoms. The van der Waals surface area contributed by atoms with E-state index in [2.05, 4.69) is 0 Å². The van der Waals surface area contributed by atoms with E-state index in [-0.39, 0.29) is 0 Å². The van der Waals surface area contributed by atoms with E-state index >= 15 is 0 Å². The fraction of sp³-hybridized carbons (Fsp3) is 1.00. The van der Waals surface area contributed by atoms with Crippen molar-refractivity contribution in [3.63, 3.8) is 0 Å². The second kappa shape index (κ2) is 3.78. The first-order valence-corrected chi connectivity index (χ1v) is 6.00. The third-order valence-corrected chi connectivity index (χ3v) is 5.69. The zero-order valence-corrected chi connectivity index (χ0v) is 7.68. The summed E-state index contributed by atoms with van der Waals surface area (Å²) >= 11 is 0. The summed E-state index contributed by atoms with van der Waals surface area (Å²) < 4.78 is 0. The quantitative estimate of drug-likeness (QED) is 0.262. The molecule has 1 fully saturated rings. The molecule has 6 N–H and O–H groups in total. The first kappa shape index (κ1) is 10.7. The van der Waals surface area contributed by atoms with Crippen molar-refractivity contribution in [1.29, 1.82) is 0 Å². The van der Waals surface area contributed by atoms with E-state index in [1.807, 2.05) is 0 Å². The van der Waals surface area contributed by atoms with Crippen LogP contribution < -0.4 is 0 Å². The van der Waals surface area contributed by atoms with Crippen molar-refractivity contribution in [2.24, 2.45) is 0 Å². The van der Waals surface area contributed by atoms with Crippen LogP contribution in [0.25, 0.3) is 0 Å². The SMILES string of the molecule is OC1[C@@H](O)[P@](O)C(O)[P@](O)[C@H]1O. The lowest BCUT2D eigenvalue weighted by atomic mass is 10.4. The Morgan fingerprint density at radius 3 is 1.42 bits per heavy atom. The molecule has 1 saturated heterocycles. The molecule has 0 saturated carbocycles. The fourth-order valence-corrected chi connectivity index (χ4v) is 4.28. The minimum absolute atomic E-state index is 1.51. The molecular formula is C4H10O6P2. The normalized spacial score (nSPS) is 55.5. The molecule has 0 amide bonds. The molecule has 0 radical (unpaired) electrons. The van der Waals surface area contributed by atoms with E-state index in [9.17, 15) is 0 Å². The van der Waals surface area contributed by atoms with Crippen molar-refractivity contribution in [3.8, 4) is 0 Å². The van der Waals surface area contributed by atoms with Crippen LogP contribution in [0.1, 0.15) is 0 Å². The van der Waals surface area contributed by atoms with Gasteiger partial charge in [-0.05, 0) is 0 Å². The third-order valence-electron chi connectivity index (χ3n) is 1.63. The molecule has 1 rings (SSSR count). The lowest BCUT2D eigenvalue weighted by Crippen LogP contribution is -2.42. The second-order valence-electron chi connectivity index (χ2n) is 2.42. The lowest BCUT2D eigenvalue weighted by Gasteiger charge is -2.38. The first-order chi connectivity index (χ1) is 5.46. The predicted molar refractivity (Wildman–Crippen MR) is 42.3 cm³/mol. The standard InChI is InChI=1S/C4H10O6P2/c5-1-2(6)11(9)4(8)12(10)3(1)7/h1-10H/t1?,2-,3+,4?,11-,12+. The van der Waals surface area contributed by atoms with E-state index in [1.165, 1.54) is 0 Å². The number of hydrogen-bond acceptors (Lipinski definition) is 6. The molecule has 12 heavy (non-hydrogen) atoms. The van der Waals surface area contributed by atoms with Gasteiger partial charge in [-0.1, -0.05) is 0 Å². The minimum Gasteiger partial charge on any atom is -0.387 e. The molecule has 0 aromatic heterocycles. The van der Waals surface area contributed by atoms with Crippen LogP contribution in [-0.4, -0.2) is 53.6 Å². The monoisotopic (exact) mass is 216 g/mol. The Balaban J connectivity index is 2.76. The molecule has 0 aromatic rings. The smallest absolute Gasteiger partial charge is 0.146 e. The molecule has 0 spiro atoms. The molecule has 2 unspecified atom stereocenters. The van der Waals surface area contributed by atoms with Gasteiger partial charge in [0.15, 0.2) is 0 Å². The summed E-state index contributed by atoms with van der Waals surface area (Å²) in [6, 6.07) is 0. The molecule has 0 aliphatic carbocycles. The highest BCUT2D eigenvalue weighted by molar-refractivity contribution is 7.71. The molecule has 0 aromatic carbocycles. The van der Waals surface area contributed by atoms with E-state index in [1.54, 1.807) is 0 Å². The number of aliphatic hydroxyl groups excluding tert-OH is 4. The van der Waals surface area contributed by atoms with Crippen molar-refractivity contribution >= 4 is 16.3 Å². The van der Waals surface area contributed by atoms with E-state index in [0.717, 1.165) is 0 Å². The van der Waals surface area contributed by atoms with Crippen LogP contribution in [0, 0.1) is 0 Å². The molecule has 1 aliphatic heterocycles. The van der Waals surface area contributed by atoms with Gasteiger partial charge in [-0.2, -0.15) is 0 Å². The van der Waals surface area contributed by atoms with E-state index in [4.69, 9.17) is 30.2 Å². The van der Waals surface area contributed by atoms with Gasteiger partial charge in [-0.15, -0.1) is 0 Å². The van der Waals surface area contributed by atoms with Crippen LogP contribution >= 0.6 is 16.3 Å². The van der Waals surface area contributed by atoms with Crippen molar-refractivity contribution < 1.29 is 30.2 Å². The van der Waals surface area contributed by atoms with E-state index < -0.39 is 39.7 Å². The highest BCUT2D eigenvalue weighted by atomic mass is 31.2. The largest absolute Gasteiger partial charge is 0.387 e. The zero-order valence-electron chi connectivity index (χ0n) is 5.89. The van der Waals surface area contributed by atoms with Crippen LogP contribution in [-0.2, 0) is 0 Å². The van der Waals surface area contributed by atoms with Crippen molar-refractivity contribution in [2.45, 2.75) is 23.4 Å². The summed E-state index contributed by atoms with van der Waals surface area (Å²) in [6.07, 6.45) is -1.58. The summed E-state index contributed by atoms with van der Waals surface area (Å²) in [4.78, 5) is 18.1.